The molecule has 1 aromatic carbocycles. The van der Waals surface area contributed by atoms with Crippen LogP contribution in [0.15, 0.2) is 49.9 Å². The van der Waals surface area contributed by atoms with E-state index in [9.17, 15) is 21.6 Å². The van der Waals surface area contributed by atoms with E-state index in [1.807, 2.05) is 0 Å². The average molecular weight is 531 g/mol. The van der Waals surface area contributed by atoms with Crippen molar-refractivity contribution < 1.29 is 26.0 Å². The van der Waals surface area contributed by atoms with Crippen LogP contribution in [0.25, 0.3) is 11.5 Å². The molecule has 1 saturated heterocycles. The van der Waals surface area contributed by atoms with Crippen molar-refractivity contribution in [1.82, 2.24) is 14.5 Å². The van der Waals surface area contributed by atoms with Gasteiger partial charge in [0.2, 0.25) is 11.8 Å². The lowest BCUT2D eigenvalue weighted by Gasteiger charge is -2.30. The molecule has 1 aliphatic heterocycles. The summed E-state index contributed by atoms with van der Waals surface area (Å²) in [5.74, 6) is -0.914. The van der Waals surface area contributed by atoms with Crippen LogP contribution in [0.1, 0.15) is 12.8 Å². The molecular formula is C19H19ClN4O6S3. The van der Waals surface area contributed by atoms with E-state index in [-0.39, 0.29) is 27.6 Å². The first-order chi connectivity index (χ1) is 15.5. The Morgan fingerprint density at radius 1 is 1.15 bits per heavy atom. The lowest BCUT2D eigenvalue weighted by atomic mass is 9.99. The van der Waals surface area contributed by atoms with Crippen LogP contribution in [-0.2, 0) is 24.7 Å². The van der Waals surface area contributed by atoms with Crippen molar-refractivity contribution in [2.75, 3.05) is 24.7 Å². The molecule has 1 amide bonds. The maximum atomic E-state index is 12.8. The van der Waals surface area contributed by atoms with Crippen molar-refractivity contribution in [2.24, 2.45) is 5.92 Å². The van der Waals surface area contributed by atoms with Crippen molar-refractivity contribution in [1.29, 1.82) is 0 Å². The molecule has 1 unspecified atom stereocenters. The second-order valence-electron chi connectivity index (χ2n) is 7.46. The third-order valence-corrected chi connectivity index (χ3v) is 9.77. The molecule has 0 bridgehead atoms. The van der Waals surface area contributed by atoms with E-state index in [1.165, 1.54) is 40.7 Å². The predicted molar refractivity (Wildman–Crippen MR) is 122 cm³/mol. The number of nitrogens with one attached hydrogen (secondary N) is 1. The van der Waals surface area contributed by atoms with Gasteiger partial charge < -0.3 is 4.42 Å². The van der Waals surface area contributed by atoms with Crippen LogP contribution in [-0.4, -0.2) is 56.6 Å². The van der Waals surface area contributed by atoms with E-state index < -0.39 is 31.7 Å². The number of aromatic nitrogens is 2. The molecule has 1 fully saturated rings. The van der Waals surface area contributed by atoms with Crippen molar-refractivity contribution in [3.63, 3.8) is 0 Å². The minimum atomic E-state index is -3.73. The van der Waals surface area contributed by atoms with Crippen molar-refractivity contribution in [3.05, 3.63) is 40.7 Å². The quantitative estimate of drug-likeness (QED) is 0.513. The molecule has 14 heteroatoms. The average Bonchev–Trinajstić information content (AvgIpc) is 3.43. The highest BCUT2D eigenvalue weighted by molar-refractivity contribution is 7.91. The number of benzene rings is 1. The molecule has 33 heavy (non-hydrogen) atoms. The lowest BCUT2D eigenvalue weighted by molar-refractivity contribution is -0.121. The smallest absolute Gasteiger partial charge is 0.322 e. The van der Waals surface area contributed by atoms with Gasteiger partial charge in [-0.2, -0.15) is 4.31 Å². The van der Waals surface area contributed by atoms with Crippen LogP contribution in [0.2, 0.25) is 4.34 Å². The normalized spacial score (nSPS) is 17.7. The topological polar surface area (TPSA) is 140 Å². The summed E-state index contributed by atoms with van der Waals surface area (Å²) in [7, 11) is -7.07. The summed E-state index contributed by atoms with van der Waals surface area (Å²) in [4.78, 5) is 12.9. The number of nitrogens with zero attached hydrogens (tertiary/aromatic N) is 3. The zero-order valence-electron chi connectivity index (χ0n) is 17.3. The molecule has 0 saturated carbocycles. The highest BCUT2D eigenvalue weighted by Crippen LogP contribution is 2.31. The van der Waals surface area contributed by atoms with Gasteiger partial charge in [-0.05, 0) is 49.2 Å². The number of rotatable bonds is 6. The number of carbonyl (C=O) groups excluding carboxylic acids is 1. The highest BCUT2D eigenvalue weighted by atomic mass is 35.5. The maximum absolute atomic E-state index is 12.8. The van der Waals surface area contributed by atoms with Gasteiger partial charge in [-0.3, -0.25) is 10.1 Å². The Bertz CT molecular complexity index is 1380. The van der Waals surface area contributed by atoms with Gasteiger partial charge in [-0.25, -0.2) is 16.8 Å². The molecule has 0 aliphatic carbocycles. The van der Waals surface area contributed by atoms with Gasteiger partial charge in [0, 0.05) is 24.9 Å². The summed E-state index contributed by atoms with van der Waals surface area (Å²) < 4.78 is 56.1. The standard InChI is InChI=1S/C19H19ClN4O6S3/c1-32(26,27)14-6-4-12(5-7-14)18-22-23-19(30-18)21-17(25)13-3-2-10-24(11-13)33(28,29)16-9-8-15(20)31-16/h4-9,13H,2-3,10-11H2,1H3,(H,21,23,25). The molecule has 10 nitrogen and oxygen atoms in total. The molecule has 0 radical (unpaired) electrons. The third-order valence-electron chi connectivity index (χ3n) is 5.08. The SMILES string of the molecule is CS(=O)(=O)c1ccc(-c2nnc(NC(=O)C3CCCN(S(=O)(=O)c4ccc(Cl)s4)C3)o2)cc1. The molecule has 1 aliphatic rings. The van der Waals surface area contributed by atoms with Crippen molar-refractivity contribution >= 4 is 54.7 Å². The van der Waals surface area contributed by atoms with Crippen molar-refractivity contribution in [3.8, 4) is 11.5 Å². The van der Waals surface area contributed by atoms with Crippen LogP contribution in [0.4, 0.5) is 6.01 Å². The fraction of sp³-hybridized carbons (Fsp3) is 0.316. The Balaban J connectivity index is 1.43. The summed E-state index contributed by atoms with van der Waals surface area (Å²) in [6.07, 6.45) is 2.14. The van der Waals surface area contributed by atoms with E-state index in [0.29, 0.717) is 29.3 Å². The molecular weight excluding hydrogens is 512 g/mol. The van der Waals surface area contributed by atoms with Gasteiger partial charge in [0.15, 0.2) is 9.84 Å². The third kappa shape index (κ3) is 5.27. The number of hydrogen-bond acceptors (Lipinski definition) is 9. The maximum Gasteiger partial charge on any atom is 0.322 e. The van der Waals surface area contributed by atoms with Crippen LogP contribution in [0, 0.1) is 5.92 Å². The first kappa shape index (κ1) is 23.8. The van der Waals surface area contributed by atoms with Gasteiger partial charge in [0.25, 0.3) is 10.0 Å². The number of halogens is 1. The Hall–Kier alpha value is -2.32. The Labute approximate surface area is 199 Å². The Morgan fingerprint density at radius 3 is 2.52 bits per heavy atom. The molecule has 0 spiro atoms. The van der Waals surface area contributed by atoms with Gasteiger partial charge in [0.1, 0.15) is 4.21 Å². The summed E-state index contributed by atoms with van der Waals surface area (Å²) in [5.41, 5.74) is 0.486. The van der Waals surface area contributed by atoms with Crippen LogP contribution in [0.5, 0.6) is 0 Å². The molecule has 176 valence electrons. The lowest BCUT2D eigenvalue weighted by Crippen LogP contribution is -2.43. The number of sulfonamides is 1. The zero-order valence-corrected chi connectivity index (χ0v) is 20.5. The number of thiophene rings is 1. The fourth-order valence-corrected chi connectivity index (χ4v) is 7.17. The van der Waals surface area contributed by atoms with Gasteiger partial charge in [-0.15, -0.1) is 16.4 Å². The first-order valence-corrected chi connectivity index (χ1v) is 14.3. The second kappa shape index (κ2) is 9.14. The van der Waals surface area contributed by atoms with Gasteiger partial charge >= 0.3 is 6.01 Å². The number of sulfone groups is 1. The summed E-state index contributed by atoms with van der Waals surface area (Å²) in [5, 5.41) is 10.2. The van der Waals surface area contributed by atoms with Gasteiger partial charge in [-0.1, -0.05) is 16.7 Å². The number of carbonyl (C=O) groups is 1. The predicted octanol–water partition coefficient (Wildman–Crippen LogP) is 2.89. The van der Waals surface area contributed by atoms with Gasteiger partial charge in [0.05, 0.1) is 15.1 Å². The zero-order chi connectivity index (χ0) is 23.8. The summed E-state index contributed by atoms with van der Waals surface area (Å²) in [6, 6.07) is 8.73. The van der Waals surface area contributed by atoms with E-state index >= 15 is 0 Å². The van der Waals surface area contributed by atoms with E-state index in [0.717, 1.165) is 17.6 Å². The van der Waals surface area contributed by atoms with E-state index in [4.69, 9.17) is 16.0 Å². The van der Waals surface area contributed by atoms with E-state index in [1.54, 1.807) is 0 Å². The van der Waals surface area contributed by atoms with Crippen molar-refractivity contribution in [2.45, 2.75) is 21.9 Å². The van der Waals surface area contributed by atoms with Crippen LogP contribution >= 0.6 is 22.9 Å². The summed E-state index contributed by atoms with van der Waals surface area (Å²) in [6.45, 7) is 0.341. The number of hydrogen-bond donors (Lipinski definition) is 1. The molecule has 1 N–H and O–H groups in total. The number of anilines is 1. The molecule has 4 rings (SSSR count). The fourth-order valence-electron chi connectivity index (χ4n) is 3.38. The molecule has 3 heterocycles. The van der Waals surface area contributed by atoms with Crippen LogP contribution < -0.4 is 5.32 Å². The first-order valence-electron chi connectivity index (χ1n) is 9.74. The number of amides is 1. The largest absolute Gasteiger partial charge is 0.403 e. The van der Waals surface area contributed by atoms with E-state index in [2.05, 4.69) is 15.5 Å². The Morgan fingerprint density at radius 2 is 1.88 bits per heavy atom. The molecule has 1 atom stereocenters. The monoisotopic (exact) mass is 530 g/mol. The minimum absolute atomic E-state index is 0.0254. The van der Waals surface area contributed by atoms with Crippen LogP contribution in [0.3, 0.4) is 0 Å². The number of piperidine rings is 1. The summed E-state index contributed by atoms with van der Waals surface area (Å²) >= 11 is 6.84. The molecule has 3 aromatic rings. The second-order valence-corrected chi connectivity index (χ2v) is 13.4. The highest BCUT2D eigenvalue weighted by Gasteiger charge is 2.34. The Kier molecular flexibility index (Phi) is 6.60. The minimum Gasteiger partial charge on any atom is -0.403 e. The molecule has 2 aromatic heterocycles.